The lowest BCUT2D eigenvalue weighted by Crippen LogP contribution is -2.45. The summed E-state index contributed by atoms with van der Waals surface area (Å²) in [4.78, 5) is 26.6. The molecular weight excluding hydrogens is 606 g/mol. The van der Waals surface area contributed by atoms with E-state index in [2.05, 4.69) is 44.3 Å². The van der Waals surface area contributed by atoms with Gasteiger partial charge in [-0.2, -0.15) is 0 Å². The average Bonchev–Trinajstić information content (AvgIpc) is 3.36. The molecule has 0 bridgehead atoms. The summed E-state index contributed by atoms with van der Waals surface area (Å²) in [6, 6.07) is 15.9. The van der Waals surface area contributed by atoms with Crippen LogP contribution in [0.25, 0.3) is 6.08 Å². The van der Waals surface area contributed by atoms with Crippen molar-refractivity contribution in [3.63, 3.8) is 0 Å². The number of amides is 1. The van der Waals surface area contributed by atoms with Crippen LogP contribution in [0.3, 0.4) is 0 Å². The SMILES string of the molecule is CC1(C)CC2C(=Cc3ccc(C(=O)OC4CC(C(=O)NCCO)=CC5OC6(Cc7ccccc7C6)OC54)cc3)CCC3OC3(C)CCC21. The molecule has 0 aromatic heterocycles. The van der Waals surface area contributed by atoms with E-state index in [0.29, 0.717) is 47.3 Å². The van der Waals surface area contributed by atoms with Gasteiger partial charge in [-0.15, -0.1) is 0 Å². The topological polar surface area (TPSA) is 107 Å². The minimum absolute atomic E-state index is 0.0597. The summed E-state index contributed by atoms with van der Waals surface area (Å²) in [6.45, 7) is 7.06. The lowest BCUT2D eigenvalue weighted by atomic mass is 9.52. The second-order valence-electron chi connectivity index (χ2n) is 15.8. The molecule has 2 aliphatic heterocycles. The highest BCUT2D eigenvalue weighted by atomic mass is 16.8. The van der Waals surface area contributed by atoms with Gasteiger partial charge in [-0.05, 0) is 91.2 Å². The number of nitrogens with one attached hydrogen (secondary N) is 1. The number of hydrogen-bond donors (Lipinski definition) is 2. The zero-order valence-electron chi connectivity index (χ0n) is 28.2. The molecule has 0 radical (unpaired) electrons. The molecule has 7 unspecified atom stereocenters. The smallest absolute Gasteiger partial charge is 0.338 e. The lowest BCUT2D eigenvalue weighted by molar-refractivity contribution is -0.172. The van der Waals surface area contributed by atoms with Crippen LogP contribution in [0, 0.1) is 17.3 Å². The molecule has 4 fully saturated rings. The van der Waals surface area contributed by atoms with Crippen molar-refractivity contribution >= 4 is 18.0 Å². The predicted octanol–water partition coefficient (Wildman–Crippen LogP) is 5.71. The minimum Gasteiger partial charge on any atom is -0.456 e. The number of ether oxygens (including phenoxy) is 4. The second kappa shape index (κ2) is 11.9. The number of carbonyl (C=O) groups excluding carboxylic acids is 2. The van der Waals surface area contributed by atoms with Crippen LogP contribution in [0.4, 0.5) is 0 Å². The molecule has 7 atom stereocenters. The average molecular weight is 654 g/mol. The predicted molar refractivity (Wildman–Crippen MR) is 180 cm³/mol. The Morgan fingerprint density at radius 2 is 1.75 bits per heavy atom. The highest BCUT2D eigenvalue weighted by Gasteiger charge is 2.57. The summed E-state index contributed by atoms with van der Waals surface area (Å²) in [6.07, 6.45) is 9.77. The van der Waals surface area contributed by atoms with E-state index < -0.39 is 30.1 Å². The molecule has 254 valence electrons. The molecule has 1 spiro atoms. The van der Waals surface area contributed by atoms with Crippen LogP contribution >= 0.6 is 0 Å². The quantitative estimate of drug-likeness (QED) is 0.304. The van der Waals surface area contributed by atoms with Crippen LogP contribution in [-0.2, 0) is 36.6 Å². The molecular formula is C40H47NO7. The van der Waals surface area contributed by atoms with Crippen molar-refractivity contribution in [2.45, 2.75) is 108 Å². The van der Waals surface area contributed by atoms with E-state index in [0.717, 1.165) is 24.8 Å². The number of rotatable bonds is 6. The molecule has 48 heavy (non-hydrogen) atoms. The Kier molecular flexibility index (Phi) is 7.94. The van der Waals surface area contributed by atoms with Crippen molar-refractivity contribution in [2.75, 3.05) is 13.2 Å². The fourth-order valence-electron chi connectivity index (χ4n) is 9.29. The second-order valence-corrected chi connectivity index (χ2v) is 15.8. The first-order valence-electron chi connectivity index (χ1n) is 17.8. The number of epoxide rings is 1. The Morgan fingerprint density at radius 3 is 2.46 bits per heavy atom. The van der Waals surface area contributed by atoms with Crippen molar-refractivity contribution in [3.05, 3.63) is 88.0 Å². The van der Waals surface area contributed by atoms with Crippen LogP contribution in [0.5, 0.6) is 0 Å². The van der Waals surface area contributed by atoms with E-state index in [1.165, 1.54) is 29.5 Å². The number of carbonyl (C=O) groups is 2. The molecule has 2 aromatic rings. The van der Waals surface area contributed by atoms with Gasteiger partial charge >= 0.3 is 5.97 Å². The Morgan fingerprint density at radius 1 is 1.00 bits per heavy atom. The standard InChI is InChI=1S/C40H47NO7/c1-38(2)23-30-26(12-13-34-39(3,47-34)15-14-31(30)38)18-24-8-10-25(11-9-24)37(44)45-32-19-29(36(43)41-16-17-42)20-33-35(32)48-40(46-33)21-27-6-4-5-7-28(27)22-40/h4-11,18,20,30-35,42H,12-17,19,21-23H2,1-3H3,(H,41,43). The first kappa shape index (κ1) is 31.9. The largest absolute Gasteiger partial charge is 0.456 e. The summed E-state index contributed by atoms with van der Waals surface area (Å²) in [5.74, 6) is -0.350. The van der Waals surface area contributed by atoms with Crippen molar-refractivity contribution < 1.29 is 33.6 Å². The fraction of sp³-hybridized carbons (Fsp3) is 0.550. The van der Waals surface area contributed by atoms with Crippen molar-refractivity contribution in [2.24, 2.45) is 17.3 Å². The van der Waals surface area contributed by atoms with Gasteiger partial charge in [0.1, 0.15) is 18.3 Å². The third-order valence-corrected chi connectivity index (χ3v) is 12.1. The summed E-state index contributed by atoms with van der Waals surface area (Å²) in [7, 11) is 0. The number of esters is 1. The first-order valence-corrected chi connectivity index (χ1v) is 17.8. The van der Waals surface area contributed by atoms with Crippen molar-refractivity contribution in [1.82, 2.24) is 5.32 Å². The van der Waals surface area contributed by atoms with E-state index in [1.807, 2.05) is 36.4 Å². The van der Waals surface area contributed by atoms with Gasteiger partial charge in [-0.25, -0.2) is 4.79 Å². The third kappa shape index (κ3) is 5.85. The van der Waals surface area contributed by atoms with E-state index in [1.54, 1.807) is 6.08 Å². The maximum absolute atomic E-state index is 13.6. The Balaban J connectivity index is 0.986. The number of fused-ring (bicyclic) bond motifs is 4. The van der Waals surface area contributed by atoms with E-state index in [-0.39, 0.29) is 31.1 Å². The van der Waals surface area contributed by atoms with E-state index >= 15 is 0 Å². The molecule has 8 nitrogen and oxygen atoms in total. The van der Waals surface area contributed by atoms with Crippen LogP contribution in [-0.4, -0.2) is 65.9 Å². The molecule has 8 heteroatoms. The summed E-state index contributed by atoms with van der Waals surface area (Å²) >= 11 is 0. The Hall–Kier alpha value is -3.30. The highest BCUT2D eigenvalue weighted by Crippen LogP contribution is 2.59. The molecule has 2 saturated heterocycles. The summed E-state index contributed by atoms with van der Waals surface area (Å²) < 4.78 is 25.4. The molecule has 2 saturated carbocycles. The number of aliphatic hydroxyl groups excluding tert-OH is 1. The van der Waals surface area contributed by atoms with Crippen LogP contribution < -0.4 is 5.32 Å². The zero-order chi connectivity index (χ0) is 33.3. The van der Waals surface area contributed by atoms with Crippen molar-refractivity contribution in [1.29, 1.82) is 0 Å². The van der Waals surface area contributed by atoms with Gasteiger partial charge in [0.2, 0.25) is 5.91 Å². The molecule has 1 amide bonds. The van der Waals surface area contributed by atoms with Gasteiger partial charge in [0.25, 0.3) is 0 Å². The number of hydrogen-bond acceptors (Lipinski definition) is 7. The molecule has 2 N–H and O–H groups in total. The monoisotopic (exact) mass is 653 g/mol. The number of benzene rings is 2. The van der Waals surface area contributed by atoms with Gasteiger partial charge in [0.05, 0.1) is 23.9 Å². The lowest BCUT2D eigenvalue weighted by Gasteiger charge is -2.53. The van der Waals surface area contributed by atoms with E-state index in [4.69, 9.17) is 18.9 Å². The molecule has 4 aliphatic carbocycles. The zero-order valence-corrected chi connectivity index (χ0v) is 28.2. The maximum atomic E-state index is 13.6. The fourth-order valence-corrected chi connectivity index (χ4v) is 9.29. The Bertz CT molecular complexity index is 1630. The Labute approximate surface area is 282 Å². The minimum atomic E-state index is -0.860. The maximum Gasteiger partial charge on any atom is 0.338 e. The van der Waals surface area contributed by atoms with E-state index in [9.17, 15) is 14.7 Å². The van der Waals surface area contributed by atoms with Crippen LogP contribution in [0.15, 0.2) is 65.8 Å². The molecule has 2 heterocycles. The summed E-state index contributed by atoms with van der Waals surface area (Å²) in [5.41, 5.74) is 6.27. The van der Waals surface area contributed by atoms with Crippen LogP contribution in [0.2, 0.25) is 0 Å². The van der Waals surface area contributed by atoms with Gasteiger partial charge in [-0.1, -0.05) is 61.9 Å². The van der Waals surface area contributed by atoms with Crippen LogP contribution in [0.1, 0.15) is 86.3 Å². The number of aliphatic hydroxyl groups is 1. The van der Waals surface area contributed by atoms with Gasteiger partial charge in [0.15, 0.2) is 5.79 Å². The first-order chi connectivity index (χ1) is 23.0. The van der Waals surface area contributed by atoms with Gasteiger partial charge in [0, 0.05) is 31.4 Å². The van der Waals surface area contributed by atoms with Crippen molar-refractivity contribution in [3.8, 4) is 0 Å². The third-order valence-electron chi connectivity index (χ3n) is 12.1. The normalized spacial score (nSPS) is 34.7. The summed E-state index contributed by atoms with van der Waals surface area (Å²) in [5, 5.41) is 12.0. The van der Waals surface area contributed by atoms with Gasteiger partial charge < -0.3 is 29.4 Å². The molecule has 8 rings (SSSR count). The molecule has 6 aliphatic rings. The van der Waals surface area contributed by atoms with Gasteiger partial charge in [-0.3, -0.25) is 4.79 Å². The number of allylic oxidation sites excluding steroid dienone is 1. The molecule has 2 aromatic carbocycles. The highest BCUT2D eigenvalue weighted by molar-refractivity contribution is 5.94.